The molecule has 0 aliphatic heterocycles. The Morgan fingerprint density at radius 3 is 2.44 bits per heavy atom. The van der Waals surface area contributed by atoms with Gasteiger partial charge in [-0.3, -0.25) is 0 Å². The van der Waals surface area contributed by atoms with Crippen LogP contribution in [-0.4, -0.2) is 19.3 Å². The summed E-state index contributed by atoms with van der Waals surface area (Å²) in [7, 11) is 3.02. The molecule has 0 aromatic heterocycles. The lowest BCUT2D eigenvalue weighted by Crippen LogP contribution is -1.93. The molecule has 0 aliphatic rings. The van der Waals surface area contributed by atoms with Crippen LogP contribution in [0.5, 0.6) is 17.2 Å². The first-order valence-electron chi connectivity index (χ1n) is 5.37. The molecule has 0 saturated carbocycles. The molecule has 0 aliphatic carbocycles. The predicted octanol–water partition coefficient (Wildman–Crippen LogP) is 3.22. The van der Waals surface area contributed by atoms with Crippen LogP contribution in [0, 0.1) is 5.82 Å². The monoisotopic (exact) mass is 248 g/mol. The third-order valence-corrected chi connectivity index (χ3v) is 2.65. The van der Waals surface area contributed by atoms with Gasteiger partial charge in [0, 0.05) is 11.1 Å². The maximum Gasteiger partial charge on any atom is 0.168 e. The number of phenols is 1. The predicted molar refractivity (Wildman–Crippen MR) is 66.6 cm³/mol. The molecule has 2 aromatic carbocycles. The molecule has 0 atom stereocenters. The highest BCUT2D eigenvalue weighted by Gasteiger charge is 2.14. The van der Waals surface area contributed by atoms with E-state index in [4.69, 9.17) is 9.47 Å². The van der Waals surface area contributed by atoms with Crippen LogP contribution >= 0.6 is 0 Å². The van der Waals surface area contributed by atoms with Crippen LogP contribution in [0.15, 0.2) is 36.4 Å². The number of hydrogen-bond acceptors (Lipinski definition) is 3. The first-order chi connectivity index (χ1) is 8.67. The van der Waals surface area contributed by atoms with E-state index in [1.54, 1.807) is 18.2 Å². The van der Waals surface area contributed by atoms with E-state index in [-0.39, 0.29) is 5.75 Å². The molecule has 1 N–H and O–H groups in total. The van der Waals surface area contributed by atoms with Gasteiger partial charge >= 0.3 is 0 Å². The second-order valence-corrected chi connectivity index (χ2v) is 3.70. The Hall–Kier alpha value is -2.23. The fourth-order valence-electron chi connectivity index (χ4n) is 1.82. The van der Waals surface area contributed by atoms with Crippen molar-refractivity contribution in [3.8, 4) is 28.4 Å². The summed E-state index contributed by atoms with van der Waals surface area (Å²) >= 11 is 0. The van der Waals surface area contributed by atoms with Gasteiger partial charge in [-0.1, -0.05) is 12.1 Å². The molecule has 0 bridgehead atoms. The molecule has 2 aromatic rings. The summed E-state index contributed by atoms with van der Waals surface area (Å²) in [6.45, 7) is 0. The smallest absolute Gasteiger partial charge is 0.168 e. The SMILES string of the molecule is COc1cccc(-c2cc(F)ccc2O)c1OC. The van der Waals surface area contributed by atoms with Crippen LogP contribution in [0.25, 0.3) is 11.1 Å². The van der Waals surface area contributed by atoms with Crippen LogP contribution in [-0.2, 0) is 0 Å². The Balaban J connectivity index is 2.66. The maximum absolute atomic E-state index is 13.3. The number of ether oxygens (including phenoxy) is 2. The number of halogens is 1. The Morgan fingerprint density at radius 2 is 1.78 bits per heavy atom. The van der Waals surface area contributed by atoms with E-state index < -0.39 is 5.82 Å². The lowest BCUT2D eigenvalue weighted by Gasteiger charge is -2.13. The van der Waals surface area contributed by atoms with Gasteiger partial charge in [0.05, 0.1) is 14.2 Å². The quantitative estimate of drug-likeness (QED) is 0.906. The molecule has 4 heteroatoms. The van der Waals surface area contributed by atoms with Gasteiger partial charge < -0.3 is 14.6 Å². The van der Waals surface area contributed by atoms with E-state index >= 15 is 0 Å². The summed E-state index contributed by atoms with van der Waals surface area (Å²) in [6.07, 6.45) is 0. The lowest BCUT2D eigenvalue weighted by molar-refractivity contribution is 0.356. The first-order valence-corrected chi connectivity index (χ1v) is 5.37. The molecular formula is C14H13FO3. The van der Waals surface area contributed by atoms with E-state index in [0.717, 1.165) is 0 Å². The van der Waals surface area contributed by atoms with Gasteiger partial charge in [0.25, 0.3) is 0 Å². The second kappa shape index (κ2) is 4.96. The fraction of sp³-hybridized carbons (Fsp3) is 0.143. The highest BCUT2D eigenvalue weighted by atomic mass is 19.1. The number of para-hydroxylation sites is 1. The number of benzene rings is 2. The van der Waals surface area contributed by atoms with Gasteiger partial charge in [-0.05, 0) is 24.3 Å². The van der Waals surface area contributed by atoms with Gasteiger partial charge in [-0.2, -0.15) is 0 Å². The number of aromatic hydroxyl groups is 1. The van der Waals surface area contributed by atoms with Crippen LogP contribution < -0.4 is 9.47 Å². The standard InChI is InChI=1S/C14H13FO3/c1-17-13-5-3-4-10(14(13)18-2)11-8-9(15)6-7-12(11)16/h3-8,16H,1-2H3. The van der Waals surface area contributed by atoms with E-state index in [2.05, 4.69) is 0 Å². The number of rotatable bonds is 3. The minimum atomic E-state index is -0.423. The van der Waals surface area contributed by atoms with Crippen molar-refractivity contribution >= 4 is 0 Å². The Bertz CT molecular complexity index is 567. The molecule has 0 heterocycles. The molecule has 94 valence electrons. The van der Waals surface area contributed by atoms with Crippen LogP contribution in [0.2, 0.25) is 0 Å². The minimum Gasteiger partial charge on any atom is -0.507 e. The van der Waals surface area contributed by atoms with Gasteiger partial charge in [0.1, 0.15) is 11.6 Å². The van der Waals surface area contributed by atoms with Crippen LogP contribution in [0.1, 0.15) is 0 Å². The minimum absolute atomic E-state index is 0.0112. The molecule has 0 radical (unpaired) electrons. The normalized spacial score (nSPS) is 10.2. The van der Waals surface area contributed by atoms with Crippen LogP contribution in [0.3, 0.4) is 0 Å². The molecule has 0 saturated heterocycles. The van der Waals surface area contributed by atoms with Crippen molar-refractivity contribution < 1.29 is 19.0 Å². The summed E-state index contributed by atoms with van der Waals surface area (Å²) in [6, 6.07) is 8.98. The molecule has 0 amide bonds. The molecule has 2 rings (SSSR count). The number of hydrogen-bond donors (Lipinski definition) is 1. The Kier molecular flexibility index (Phi) is 3.37. The second-order valence-electron chi connectivity index (χ2n) is 3.70. The largest absolute Gasteiger partial charge is 0.507 e. The zero-order valence-electron chi connectivity index (χ0n) is 10.1. The highest BCUT2D eigenvalue weighted by molar-refractivity contribution is 5.78. The van der Waals surface area contributed by atoms with Crippen LogP contribution in [0.4, 0.5) is 4.39 Å². The molecule has 18 heavy (non-hydrogen) atoms. The van der Waals surface area contributed by atoms with E-state index in [9.17, 15) is 9.50 Å². The van der Waals surface area contributed by atoms with Crippen molar-refractivity contribution in [3.63, 3.8) is 0 Å². The summed E-state index contributed by atoms with van der Waals surface area (Å²) in [5, 5.41) is 9.81. The topological polar surface area (TPSA) is 38.7 Å². The van der Waals surface area contributed by atoms with E-state index in [1.165, 1.54) is 32.4 Å². The summed E-state index contributed by atoms with van der Waals surface area (Å²) < 4.78 is 23.7. The maximum atomic E-state index is 13.3. The van der Waals surface area contributed by atoms with Crippen molar-refractivity contribution in [2.24, 2.45) is 0 Å². The first kappa shape index (κ1) is 12.2. The summed E-state index contributed by atoms with van der Waals surface area (Å²) in [4.78, 5) is 0. The zero-order chi connectivity index (χ0) is 13.1. The van der Waals surface area contributed by atoms with Crippen molar-refractivity contribution in [1.29, 1.82) is 0 Å². The number of phenolic OH excluding ortho intramolecular Hbond substituents is 1. The van der Waals surface area contributed by atoms with E-state index in [0.29, 0.717) is 22.6 Å². The van der Waals surface area contributed by atoms with Crippen molar-refractivity contribution in [2.75, 3.05) is 14.2 Å². The van der Waals surface area contributed by atoms with E-state index in [1.807, 2.05) is 0 Å². The molecule has 0 unspecified atom stereocenters. The fourth-order valence-corrected chi connectivity index (χ4v) is 1.82. The van der Waals surface area contributed by atoms with Crippen molar-refractivity contribution in [1.82, 2.24) is 0 Å². The van der Waals surface area contributed by atoms with Gasteiger partial charge in [0.2, 0.25) is 0 Å². The van der Waals surface area contributed by atoms with Gasteiger partial charge in [-0.25, -0.2) is 4.39 Å². The zero-order valence-corrected chi connectivity index (χ0v) is 10.1. The lowest BCUT2D eigenvalue weighted by atomic mass is 10.0. The molecular weight excluding hydrogens is 235 g/mol. The van der Waals surface area contributed by atoms with Crippen molar-refractivity contribution in [2.45, 2.75) is 0 Å². The molecule has 0 spiro atoms. The van der Waals surface area contributed by atoms with Gasteiger partial charge in [-0.15, -0.1) is 0 Å². The average Bonchev–Trinajstić information content (AvgIpc) is 2.40. The molecule has 0 fully saturated rings. The summed E-state index contributed by atoms with van der Waals surface area (Å²) in [5.41, 5.74) is 0.944. The third kappa shape index (κ3) is 2.09. The Morgan fingerprint density at radius 1 is 1.00 bits per heavy atom. The third-order valence-electron chi connectivity index (χ3n) is 2.65. The molecule has 3 nitrogen and oxygen atoms in total. The highest BCUT2D eigenvalue weighted by Crippen LogP contribution is 2.41. The number of methoxy groups -OCH3 is 2. The Labute approximate surface area is 104 Å². The van der Waals surface area contributed by atoms with Crippen molar-refractivity contribution in [3.05, 3.63) is 42.2 Å². The average molecular weight is 248 g/mol. The van der Waals surface area contributed by atoms with Gasteiger partial charge in [0.15, 0.2) is 11.5 Å². The summed E-state index contributed by atoms with van der Waals surface area (Å²) in [5.74, 6) is 0.551.